The molecule has 0 saturated carbocycles. The van der Waals surface area contributed by atoms with E-state index in [1.54, 1.807) is 0 Å². The highest BCUT2D eigenvalue weighted by molar-refractivity contribution is 7.12. The zero-order valence-corrected chi connectivity index (χ0v) is 16.7. The first-order chi connectivity index (χ1) is 13.7. The van der Waals surface area contributed by atoms with E-state index in [4.69, 9.17) is 0 Å². The number of nitrogens with zero attached hydrogens (tertiary/aromatic N) is 4. The van der Waals surface area contributed by atoms with E-state index in [1.165, 1.54) is 29.0 Å². The maximum atomic E-state index is 12.8. The van der Waals surface area contributed by atoms with Crippen LogP contribution in [0.5, 0.6) is 0 Å². The summed E-state index contributed by atoms with van der Waals surface area (Å²) in [4.78, 5) is 18.3. The molecule has 0 fully saturated rings. The molecule has 3 heterocycles. The molecule has 0 saturated heterocycles. The highest BCUT2D eigenvalue weighted by atomic mass is 32.1. The summed E-state index contributed by atoms with van der Waals surface area (Å²) in [5.74, 6) is 0.479. The second-order valence-corrected chi connectivity index (χ2v) is 8.31. The summed E-state index contributed by atoms with van der Waals surface area (Å²) in [5.41, 5.74) is 3.14. The van der Waals surface area contributed by atoms with Gasteiger partial charge in [0.1, 0.15) is 4.88 Å². The van der Waals surface area contributed by atoms with E-state index >= 15 is 0 Å². The molecule has 1 aliphatic rings. The van der Waals surface area contributed by atoms with Crippen molar-refractivity contribution in [2.24, 2.45) is 0 Å². The first-order valence-electron chi connectivity index (χ1n) is 9.18. The number of thiophene rings is 1. The molecule has 4 rings (SSSR count). The molecule has 29 heavy (non-hydrogen) atoms. The van der Waals surface area contributed by atoms with Crippen LogP contribution in [0.15, 0.2) is 41.3 Å². The average molecular weight is 420 g/mol. The topological polar surface area (TPSA) is 51.0 Å². The van der Waals surface area contributed by atoms with Crippen molar-refractivity contribution in [1.29, 1.82) is 0 Å². The second kappa shape index (κ2) is 7.29. The lowest BCUT2D eigenvalue weighted by Crippen LogP contribution is -2.37. The summed E-state index contributed by atoms with van der Waals surface area (Å²) in [6.45, 7) is 4.80. The first kappa shape index (κ1) is 19.6. The highest BCUT2D eigenvalue weighted by Crippen LogP contribution is 2.35. The van der Waals surface area contributed by atoms with E-state index in [0.29, 0.717) is 22.0 Å². The minimum atomic E-state index is -4.39. The van der Waals surface area contributed by atoms with Crippen LogP contribution < -0.4 is 10.6 Å². The third-order valence-corrected chi connectivity index (χ3v) is 6.24. The standard InChI is InChI=1S/C20H19F3N4OS/c1-12-3-5-16-13(2)26(8-7-14(16)9-12)18-10-24-27(19(28)25-18)11-15-4-6-17(29-15)20(21,22)23/h3-6,9-10,13H,7-8,11H2,1-2H3. The van der Waals surface area contributed by atoms with Gasteiger partial charge in [-0.05, 0) is 43.5 Å². The Labute approximate surface area is 169 Å². The molecular formula is C20H19F3N4OS. The molecule has 0 bridgehead atoms. The molecule has 0 amide bonds. The predicted molar refractivity (Wildman–Crippen MR) is 105 cm³/mol. The van der Waals surface area contributed by atoms with Gasteiger partial charge in [-0.3, -0.25) is 0 Å². The number of anilines is 1. The largest absolute Gasteiger partial charge is 0.425 e. The van der Waals surface area contributed by atoms with E-state index in [9.17, 15) is 18.0 Å². The lowest BCUT2D eigenvalue weighted by molar-refractivity contribution is -0.134. The van der Waals surface area contributed by atoms with Crippen LogP contribution in [0, 0.1) is 6.92 Å². The van der Waals surface area contributed by atoms with E-state index in [1.807, 2.05) is 4.90 Å². The van der Waals surface area contributed by atoms with Gasteiger partial charge in [-0.1, -0.05) is 23.8 Å². The van der Waals surface area contributed by atoms with Gasteiger partial charge in [0.2, 0.25) is 0 Å². The van der Waals surface area contributed by atoms with Crippen LogP contribution >= 0.6 is 11.3 Å². The summed E-state index contributed by atoms with van der Waals surface area (Å²) < 4.78 is 39.3. The van der Waals surface area contributed by atoms with Gasteiger partial charge in [0, 0.05) is 11.4 Å². The minimum Gasteiger partial charge on any atom is -0.348 e. The van der Waals surface area contributed by atoms with Crippen LogP contribution in [0.25, 0.3) is 0 Å². The summed E-state index contributed by atoms with van der Waals surface area (Å²) in [6, 6.07) is 8.78. The Morgan fingerprint density at radius 1 is 1.24 bits per heavy atom. The Morgan fingerprint density at radius 2 is 2.03 bits per heavy atom. The van der Waals surface area contributed by atoms with Crippen LogP contribution in [0.4, 0.5) is 19.0 Å². The Bertz CT molecular complexity index is 1110. The predicted octanol–water partition coefficient (Wildman–Crippen LogP) is 4.20. The molecule has 3 aromatic rings. The Kier molecular flexibility index (Phi) is 4.94. The SMILES string of the molecule is Cc1ccc2c(c1)CCN(c1cnn(Cc3ccc(C(F)(F)F)s3)c(=O)n1)C2C. The van der Waals surface area contributed by atoms with Crippen LogP contribution in [0.3, 0.4) is 0 Å². The Hall–Kier alpha value is -2.68. The molecule has 152 valence electrons. The van der Waals surface area contributed by atoms with Crippen LogP contribution in [-0.4, -0.2) is 21.3 Å². The molecule has 1 aliphatic heterocycles. The van der Waals surface area contributed by atoms with Gasteiger partial charge in [-0.25, -0.2) is 9.48 Å². The molecule has 2 aromatic heterocycles. The van der Waals surface area contributed by atoms with E-state index < -0.39 is 16.7 Å². The van der Waals surface area contributed by atoms with Crippen LogP contribution in [-0.2, 0) is 19.1 Å². The van der Waals surface area contributed by atoms with Gasteiger partial charge in [-0.15, -0.1) is 11.3 Å². The van der Waals surface area contributed by atoms with E-state index in [-0.39, 0.29) is 12.6 Å². The van der Waals surface area contributed by atoms with Gasteiger partial charge < -0.3 is 4.90 Å². The van der Waals surface area contributed by atoms with E-state index in [2.05, 4.69) is 42.1 Å². The number of benzene rings is 1. The molecule has 1 aromatic carbocycles. The zero-order chi connectivity index (χ0) is 20.8. The monoisotopic (exact) mass is 420 g/mol. The number of halogens is 3. The quantitative estimate of drug-likeness (QED) is 0.637. The smallest absolute Gasteiger partial charge is 0.348 e. The molecule has 0 aliphatic carbocycles. The summed E-state index contributed by atoms with van der Waals surface area (Å²) in [5, 5.41) is 4.15. The van der Waals surface area contributed by atoms with Crippen molar-refractivity contribution in [3.05, 3.63) is 73.5 Å². The number of hydrogen-bond acceptors (Lipinski definition) is 5. The van der Waals surface area contributed by atoms with Gasteiger partial charge in [0.25, 0.3) is 0 Å². The molecule has 1 atom stereocenters. The third-order valence-electron chi connectivity index (χ3n) is 5.12. The third kappa shape index (κ3) is 3.91. The molecule has 1 unspecified atom stereocenters. The van der Waals surface area contributed by atoms with Gasteiger partial charge >= 0.3 is 11.9 Å². The van der Waals surface area contributed by atoms with Crippen molar-refractivity contribution >= 4 is 17.2 Å². The lowest BCUT2D eigenvalue weighted by Gasteiger charge is -2.36. The average Bonchev–Trinajstić information content (AvgIpc) is 3.13. The number of aromatic nitrogens is 3. The second-order valence-electron chi connectivity index (χ2n) is 7.14. The van der Waals surface area contributed by atoms with Crippen LogP contribution in [0.2, 0.25) is 0 Å². The maximum Gasteiger partial charge on any atom is 0.425 e. The van der Waals surface area contributed by atoms with Crippen molar-refractivity contribution in [2.45, 2.75) is 39.0 Å². The van der Waals surface area contributed by atoms with Crippen molar-refractivity contribution in [1.82, 2.24) is 14.8 Å². The fraction of sp³-hybridized carbons (Fsp3) is 0.350. The summed E-state index contributed by atoms with van der Waals surface area (Å²) in [6.07, 6.45) is -2.03. The van der Waals surface area contributed by atoms with Gasteiger partial charge in [0.15, 0.2) is 5.82 Å². The lowest BCUT2D eigenvalue weighted by atomic mass is 9.92. The minimum absolute atomic E-state index is 0.0372. The Morgan fingerprint density at radius 3 is 2.72 bits per heavy atom. The van der Waals surface area contributed by atoms with Crippen molar-refractivity contribution < 1.29 is 13.2 Å². The van der Waals surface area contributed by atoms with Gasteiger partial charge in [-0.2, -0.15) is 23.3 Å². The maximum absolute atomic E-state index is 12.8. The van der Waals surface area contributed by atoms with Crippen molar-refractivity contribution in [3.63, 3.8) is 0 Å². The molecule has 0 N–H and O–H groups in total. The van der Waals surface area contributed by atoms with Gasteiger partial charge in [0.05, 0.1) is 18.8 Å². The fourth-order valence-electron chi connectivity index (χ4n) is 3.64. The number of alkyl halides is 3. The molecule has 0 radical (unpaired) electrons. The number of hydrogen-bond donors (Lipinski definition) is 0. The summed E-state index contributed by atoms with van der Waals surface area (Å²) in [7, 11) is 0. The Balaban J connectivity index is 1.55. The molecular weight excluding hydrogens is 401 g/mol. The summed E-state index contributed by atoms with van der Waals surface area (Å²) >= 11 is 0.606. The number of fused-ring (bicyclic) bond motifs is 1. The number of aryl methyl sites for hydroxylation is 1. The molecule has 0 spiro atoms. The molecule has 9 heteroatoms. The van der Waals surface area contributed by atoms with Crippen molar-refractivity contribution in [2.75, 3.05) is 11.4 Å². The zero-order valence-electron chi connectivity index (χ0n) is 15.9. The normalized spacial score (nSPS) is 16.7. The first-order valence-corrected chi connectivity index (χ1v) is 10.00. The highest BCUT2D eigenvalue weighted by Gasteiger charge is 2.32. The number of rotatable bonds is 3. The molecule has 5 nitrogen and oxygen atoms in total. The van der Waals surface area contributed by atoms with Crippen LogP contribution in [0.1, 0.15) is 39.4 Å². The van der Waals surface area contributed by atoms with Crippen molar-refractivity contribution in [3.8, 4) is 0 Å². The van der Waals surface area contributed by atoms with E-state index in [0.717, 1.165) is 23.7 Å². The fourth-order valence-corrected chi connectivity index (χ4v) is 4.50.